The Morgan fingerprint density at radius 1 is 1.11 bits per heavy atom. The fourth-order valence-electron chi connectivity index (χ4n) is 2.52. The van der Waals surface area contributed by atoms with Gasteiger partial charge in [-0.1, -0.05) is 59.8 Å². The maximum absolute atomic E-state index is 12.2. The molecular weight excluding hydrogens is 392 g/mol. The highest BCUT2D eigenvalue weighted by molar-refractivity contribution is 7.99. The van der Waals surface area contributed by atoms with Gasteiger partial charge in [-0.25, -0.2) is 4.98 Å². The summed E-state index contributed by atoms with van der Waals surface area (Å²) in [6.07, 6.45) is 0. The summed E-state index contributed by atoms with van der Waals surface area (Å²) in [5.74, 6) is 0.434. The molecule has 0 atom stereocenters. The van der Waals surface area contributed by atoms with Gasteiger partial charge in [-0.05, 0) is 19.1 Å². The number of carbonyl (C=O) groups excluding carboxylic acids is 1. The standard InChI is InChI=1S/C20H16N4O2S2/c1-13-6-5-9-15(10-13)18-23-24-20(26-18)28-12-17(25)22-19-21-16(11-27-19)14-7-3-2-4-8-14/h2-11H,12H2,1H3,(H,21,22,25). The number of thioether (sulfide) groups is 1. The van der Waals surface area contributed by atoms with Crippen LogP contribution in [0.15, 0.2) is 69.6 Å². The molecule has 0 bridgehead atoms. The number of carbonyl (C=O) groups is 1. The third-order valence-corrected chi connectivity index (χ3v) is 5.39. The summed E-state index contributed by atoms with van der Waals surface area (Å²) in [6.45, 7) is 2.00. The number of anilines is 1. The smallest absolute Gasteiger partial charge is 0.277 e. The lowest BCUT2D eigenvalue weighted by Crippen LogP contribution is -2.13. The maximum atomic E-state index is 12.2. The molecule has 1 amide bonds. The number of aryl methyl sites for hydroxylation is 1. The first-order valence-corrected chi connectivity index (χ1v) is 10.4. The first kappa shape index (κ1) is 18.4. The van der Waals surface area contributed by atoms with E-state index in [2.05, 4.69) is 20.5 Å². The van der Waals surface area contributed by atoms with Crippen LogP contribution in [-0.4, -0.2) is 26.8 Å². The first-order valence-electron chi connectivity index (χ1n) is 8.51. The topological polar surface area (TPSA) is 80.9 Å². The van der Waals surface area contributed by atoms with E-state index >= 15 is 0 Å². The van der Waals surface area contributed by atoms with Crippen molar-refractivity contribution >= 4 is 34.1 Å². The highest BCUT2D eigenvalue weighted by atomic mass is 32.2. The first-order chi connectivity index (χ1) is 13.7. The molecule has 0 aliphatic heterocycles. The van der Waals surface area contributed by atoms with Crippen molar-refractivity contribution in [2.75, 3.05) is 11.1 Å². The van der Waals surface area contributed by atoms with Crippen molar-refractivity contribution in [1.29, 1.82) is 0 Å². The van der Waals surface area contributed by atoms with Gasteiger partial charge in [0.1, 0.15) is 0 Å². The highest BCUT2D eigenvalue weighted by Crippen LogP contribution is 2.26. The molecule has 0 saturated carbocycles. The van der Waals surface area contributed by atoms with E-state index in [0.717, 1.165) is 22.4 Å². The van der Waals surface area contributed by atoms with E-state index < -0.39 is 0 Å². The lowest BCUT2D eigenvalue weighted by Gasteiger charge is -1.99. The summed E-state index contributed by atoms with van der Waals surface area (Å²) in [6, 6.07) is 17.7. The zero-order chi connectivity index (χ0) is 19.3. The van der Waals surface area contributed by atoms with Gasteiger partial charge in [0.05, 0.1) is 11.4 Å². The largest absolute Gasteiger partial charge is 0.411 e. The van der Waals surface area contributed by atoms with Crippen LogP contribution in [0.4, 0.5) is 5.13 Å². The van der Waals surface area contributed by atoms with Gasteiger partial charge in [-0.2, -0.15) is 0 Å². The second kappa shape index (κ2) is 8.37. The van der Waals surface area contributed by atoms with Crippen molar-refractivity contribution in [2.24, 2.45) is 0 Å². The van der Waals surface area contributed by atoms with Gasteiger partial charge in [0.25, 0.3) is 5.22 Å². The number of hydrogen-bond donors (Lipinski definition) is 1. The molecule has 0 saturated heterocycles. The lowest BCUT2D eigenvalue weighted by atomic mass is 10.1. The van der Waals surface area contributed by atoms with Gasteiger partial charge in [-0.15, -0.1) is 21.5 Å². The Kier molecular flexibility index (Phi) is 5.50. The van der Waals surface area contributed by atoms with Crippen LogP contribution in [0.3, 0.4) is 0 Å². The summed E-state index contributed by atoms with van der Waals surface area (Å²) >= 11 is 2.59. The number of amides is 1. The molecule has 140 valence electrons. The summed E-state index contributed by atoms with van der Waals surface area (Å²) < 4.78 is 5.63. The molecule has 2 aromatic carbocycles. The Labute approximate surface area is 170 Å². The van der Waals surface area contributed by atoms with Gasteiger partial charge in [0.2, 0.25) is 11.8 Å². The minimum Gasteiger partial charge on any atom is -0.411 e. The molecule has 1 N–H and O–H groups in total. The summed E-state index contributed by atoms with van der Waals surface area (Å²) in [7, 11) is 0. The zero-order valence-corrected chi connectivity index (χ0v) is 16.6. The molecule has 6 nitrogen and oxygen atoms in total. The minimum absolute atomic E-state index is 0.162. The highest BCUT2D eigenvalue weighted by Gasteiger charge is 2.13. The van der Waals surface area contributed by atoms with Crippen LogP contribution in [-0.2, 0) is 4.79 Å². The summed E-state index contributed by atoms with van der Waals surface area (Å²) in [4.78, 5) is 16.7. The molecule has 2 aromatic heterocycles. The lowest BCUT2D eigenvalue weighted by molar-refractivity contribution is -0.113. The maximum Gasteiger partial charge on any atom is 0.277 e. The Morgan fingerprint density at radius 2 is 1.93 bits per heavy atom. The zero-order valence-electron chi connectivity index (χ0n) is 15.0. The van der Waals surface area contributed by atoms with Gasteiger partial charge in [0.15, 0.2) is 5.13 Å². The Morgan fingerprint density at radius 3 is 2.75 bits per heavy atom. The number of benzene rings is 2. The third kappa shape index (κ3) is 4.47. The monoisotopic (exact) mass is 408 g/mol. The molecule has 0 unspecified atom stereocenters. The van der Waals surface area contributed by atoms with Gasteiger partial charge in [-0.3, -0.25) is 4.79 Å². The minimum atomic E-state index is -0.172. The molecule has 0 aliphatic carbocycles. The molecule has 8 heteroatoms. The Hall–Kier alpha value is -2.97. The Balaban J connectivity index is 1.33. The number of nitrogens with zero attached hydrogens (tertiary/aromatic N) is 3. The van der Waals surface area contributed by atoms with Crippen LogP contribution in [0.2, 0.25) is 0 Å². The quantitative estimate of drug-likeness (QED) is 0.457. The molecule has 2 heterocycles. The molecule has 0 aliphatic rings. The van der Waals surface area contributed by atoms with Gasteiger partial charge < -0.3 is 9.73 Å². The van der Waals surface area contributed by atoms with Crippen LogP contribution < -0.4 is 5.32 Å². The molecule has 28 heavy (non-hydrogen) atoms. The Bertz CT molecular complexity index is 1090. The van der Waals surface area contributed by atoms with Crippen molar-refractivity contribution in [3.63, 3.8) is 0 Å². The van der Waals surface area contributed by atoms with E-state index in [-0.39, 0.29) is 11.7 Å². The van der Waals surface area contributed by atoms with E-state index in [9.17, 15) is 4.79 Å². The molecule has 4 aromatic rings. The number of hydrogen-bond acceptors (Lipinski definition) is 7. The average Bonchev–Trinajstić information content (AvgIpc) is 3.37. The fraction of sp³-hybridized carbons (Fsp3) is 0.100. The molecule has 0 radical (unpaired) electrons. The second-order valence-corrected chi connectivity index (χ2v) is 7.77. The fourth-order valence-corrected chi connectivity index (χ4v) is 3.82. The van der Waals surface area contributed by atoms with Crippen LogP contribution in [0.1, 0.15) is 5.56 Å². The normalized spacial score (nSPS) is 10.8. The van der Waals surface area contributed by atoms with Gasteiger partial charge >= 0.3 is 0 Å². The number of thiazole rings is 1. The van der Waals surface area contributed by atoms with Crippen molar-refractivity contribution in [3.05, 3.63) is 65.5 Å². The second-order valence-electron chi connectivity index (χ2n) is 5.98. The molecule has 4 rings (SSSR count). The predicted octanol–water partition coefficient (Wildman–Crippen LogP) is 4.90. The van der Waals surface area contributed by atoms with E-state index in [0.29, 0.717) is 16.2 Å². The van der Waals surface area contributed by atoms with Crippen LogP contribution in [0.5, 0.6) is 0 Å². The van der Waals surface area contributed by atoms with Crippen molar-refractivity contribution in [1.82, 2.24) is 15.2 Å². The third-order valence-electron chi connectivity index (χ3n) is 3.82. The summed E-state index contributed by atoms with van der Waals surface area (Å²) in [5, 5.41) is 13.7. The number of rotatable bonds is 6. The van der Waals surface area contributed by atoms with E-state index in [1.807, 2.05) is 66.9 Å². The van der Waals surface area contributed by atoms with Crippen LogP contribution in [0, 0.1) is 6.92 Å². The van der Waals surface area contributed by atoms with Crippen LogP contribution >= 0.6 is 23.1 Å². The number of nitrogens with one attached hydrogen (secondary N) is 1. The average molecular weight is 409 g/mol. The van der Waals surface area contributed by atoms with Crippen LogP contribution in [0.25, 0.3) is 22.7 Å². The van der Waals surface area contributed by atoms with E-state index in [1.54, 1.807) is 0 Å². The van der Waals surface area contributed by atoms with Crippen molar-refractivity contribution in [3.8, 4) is 22.7 Å². The molecule has 0 spiro atoms. The molecular formula is C20H16N4O2S2. The predicted molar refractivity (Wildman–Crippen MR) is 111 cm³/mol. The van der Waals surface area contributed by atoms with E-state index in [4.69, 9.17) is 4.42 Å². The number of aromatic nitrogens is 3. The molecule has 0 fully saturated rings. The van der Waals surface area contributed by atoms with Crippen molar-refractivity contribution < 1.29 is 9.21 Å². The van der Waals surface area contributed by atoms with E-state index in [1.165, 1.54) is 23.1 Å². The van der Waals surface area contributed by atoms with Gasteiger partial charge in [0, 0.05) is 16.5 Å². The SMILES string of the molecule is Cc1cccc(-c2nnc(SCC(=O)Nc3nc(-c4ccccc4)cs3)o2)c1. The van der Waals surface area contributed by atoms with Crippen molar-refractivity contribution in [2.45, 2.75) is 12.1 Å². The summed E-state index contributed by atoms with van der Waals surface area (Å²) in [5.41, 5.74) is 3.83.